The molecule has 220 valence electrons. The van der Waals surface area contributed by atoms with Gasteiger partial charge in [0.05, 0.1) is 22.8 Å². The van der Waals surface area contributed by atoms with Crippen molar-refractivity contribution in [2.45, 2.75) is 90.1 Å². The van der Waals surface area contributed by atoms with E-state index < -0.39 is 15.6 Å². The average Bonchev–Trinajstić information content (AvgIpc) is 2.87. The number of rotatable bonds is 3. The van der Waals surface area contributed by atoms with Crippen LogP contribution in [0, 0.1) is 31.1 Å². The molecule has 0 spiro atoms. The SMILES string of the molecule is Cc1cccc(C)c1-c1cc2nc(n1)NS(=O)(=O)c1cccc(c1)C(C1CCC(C)(O)CC1)[C@H](CC(C)(C)C)CO2. The lowest BCUT2D eigenvalue weighted by Crippen LogP contribution is -2.36. The molecule has 8 heteroatoms. The Morgan fingerprint density at radius 3 is 2.34 bits per heavy atom. The maximum atomic E-state index is 13.7. The Balaban J connectivity index is 1.65. The molecule has 1 saturated carbocycles. The van der Waals surface area contributed by atoms with Crippen LogP contribution in [0.15, 0.2) is 53.4 Å². The molecule has 0 amide bonds. The number of anilines is 1. The van der Waals surface area contributed by atoms with E-state index in [1.54, 1.807) is 6.07 Å². The fourth-order valence-corrected chi connectivity index (χ4v) is 7.78. The topological polar surface area (TPSA) is 101 Å². The Kier molecular flexibility index (Phi) is 7.94. The van der Waals surface area contributed by atoms with E-state index in [0.29, 0.717) is 24.1 Å². The van der Waals surface area contributed by atoms with Crippen LogP contribution in [-0.4, -0.2) is 35.7 Å². The first-order valence-electron chi connectivity index (χ1n) is 14.6. The lowest BCUT2D eigenvalue weighted by Gasteiger charge is -2.42. The molecular formula is C33H43N3O4S. The molecule has 1 aliphatic heterocycles. The second kappa shape index (κ2) is 11.0. The van der Waals surface area contributed by atoms with E-state index >= 15 is 0 Å². The van der Waals surface area contributed by atoms with Crippen LogP contribution >= 0.6 is 0 Å². The Morgan fingerprint density at radius 2 is 1.68 bits per heavy atom. The van der Waals surface area contributed by atoms with Crippen LogP contribution in [0.5, 0.6) is 5.88 Å². The zero-order valence-electron chi connectivity index (χ0n) is 25.1. The number of ether oxygens (including phenoxy) is 1. The van der Waals surface area contributed by atoms with E-state index in [1.807, 2.05) is 63.2 Å². The van der Waals surface area contributed by atoms with Gasteiger partial charge in [0.2, 0.25) is 11.8 Å². The fourth-order valence-electron chi connectivity index (χ4n) is 6.78. The first-order chi connectivity index (χ1) is 19.2. The van der Waals surface area contributed by atoms with Gasteiger partial charge in [-0.1, -0.05) is 51.1 Å². The highest BCUT2D eigenvalue weighted by atomic mass is 32.2. The zero-order valence-corrected chi connectivity index (χ0v) is 25.9. The van der Waals surface area contributed by atoms with Crippen LogP contribution in [0.3, 0.4) is 0 Å². The van der Waals surface area contributed by atoms with E-state index in [4.69, 9.17) is 4.74 Å². The highest BCUT2D eigenvalue weighted by molar-refractivity contribution is 7.92. The van der Waals surface area contributed by atoms with E-state index in [2.05, 4.69) is 35.5 Å². The Hall–Kier alpha value is -2.97. The standard InChI is InChI=1S/C33H43N3O4S/c1-21-9-7-10-22(2)29(21)27-18-28-35-31(34-27)36-41(38,39)26-12-8-11-24(17-26)30(23-13-15-33(6,37)16-14-23)25(20-40-28)19-32(3,4)5/h7-12,17-18,23,25,30,37H,13-16,19-20H2,1-6H3,(H,34,35,36)/t23?,25-,30?,33?/m1/s1. The van der Waals surface area contributed by atoms with Gasteiger partial charge in [-0.15, -0.1) is 0 Å². The molecule has 1 unspecified atom stereocenters. The number of benzene rings is 2. The molecular weight excluding hydrogens is 534 g/mol. The summed E-state index contributed by atoms with van der Waals surface area (Å²) in [7, 11) is -3.96. The Morgan fingerprint density at radius 1 is 1.02 bits per heavy atom. The van der Waals surface area contributed by atoms with Crippen molar-refractivity contribution in [3.63, 3.8) is 0 Å². The van der Waals surface area contributed by atoms with Crippen LogP contribution in [0.4, 0.5) is 5.95 Å². The number of sulfonamides is 1. The van der Waals surface area contributed by atoms with Gasteiger partial charge in [-0.2, -0.15) is 4.98 Å². The number of aliphatic hydroxyl groups is 1. The molecule has 0 radical (unpaired) electrons. The minimum Gasteiger partial charge on any atom is -0.477 e. The van der Waals surface area contributed by atoms with Gasteiger partial charge in [-0.3, -0.25) is 0 Å². The Labute approximate surface area is 244 Å². The van der Waals surface area contributed by atoms with Crippen molar-refractivity contribution in [2.75, 3.05) is 11.3 Å². The molecule has 1 fully saturated rings. The second-order valence-electron chi connectivity index (χ2n) is 13.6. The number of aromatic nitrogens is 2. The molecule has 4 bridgehead atoms. The van der Waals surface area contributed by atoms with Crippen molar-refractivity contribution in [1.29, 1.82) is 0 Å². The maximum Gasteiger partial charge on any atom is 0.264 e. The van der Waals surface area contributed by atoms with Crippen molar-refractivity contribution in [1.82, 2.24) is 9.97 Å². The first kappa shape index (κ1) is 29.5. The summed E-state index contributed by atoms with van der Waals surface area (Å²) in [6, 6.07) is 15.2. The summed E-state index contributed by atoms with van der Waals surface area (Å²) >= 11 is 0. The summed E-state index contributed by atoms with van der Waals surface area (Å²) in [6.45, 7) is 13.1. The lowest BCUT2D eigenvalue weighted by molar-refractivity contribution is -0.00265. The maximum absolute atomic E-state index is 13.7. The number of nitrogens with one attached hydrogen (secondary N) is 1. The summed E-state index contributed by atoms with van der Waals surface area (Å²) in [5, 5.41) is 10.7. The van der Waals surface area contributed by atoms with Gasteiger partial charge in [-0.25, -0.2) is 18.1 Å². The molecule has 1 aliphatic carbocycles. The molecule has 3 aromatic rings. The minimum atomic E-state index is -3.96. The predicted molar refractivity (Wildman–Crippen MR) is 163 cm³/mol. The van der Waals surface area contributed by atoms with Gasteiger partial charge in [0.25, 0.3) is 10.0 Å². The van der Waals surface area contributed by atoms with E-state index in [0.717, 1.165) is 54.4 Å². The number of hydrogen-bond donors (Lipinski definition) is 2. The van der Waals surface area contributed by atoms with Gasteiger partial charge in [0.15, 0.2) is 0 Å². The molecule has 5 rings (SSSR count). The Bertz CT molecular complexity index is 1500. The van der Waals surface area contributed by atoms with Crippen LogP contribution < -0.4 is 9.46 Å². The summed E-state index contributed by atoms with van der Waals surface area (Å²) in [5.74, 6) is 0.814. The third kappa shape index (κ3) is 6.75. The van der Waals surface area contributed by atoms with Gasteiger partial charge < -0.3 is 9.84 Å². The van der Waals surface area contributed by atoms with Gasteiger partial charge in [0, 0.05) is 17.5 Å². The predicted octanol–water partition coefficient (Wildman–Crippen LogP) is 7.03. The second-order valence-corrected chi connectivity index (χ2v) is 15.2. The third-order valence-electron chi connectivity index (χ3n) is 8.66. The number of aryl methyl sites for hydroxylation is 2. The minimum absolute atomic E-state index is 0.00966. The lowest BCUT2D eigenvalue weighted by atomic mass is 9.65. The van der Waals surface area contributed by atoms with Crippen LogP contribution in [0.1, 0.15) is 82.4 Å². The van der Waals surface area contributed by atoms with E-state index in [-0.39, 0.29) is 28.1 Å². The number of fused-ring (bicyclic) bond motifs is 4. The van der Waals surface area contributed by atoms with Gasteiger partial charge in [0.1, 0.15) is 0 Å². The van der Waals surface area contributed by atoms with Crippen LogP contribution in [-0.2, 0) is 10.0 Å². The van der Waals surface area contributed by atoms with Crippen LogP contribution in [0.2, 0.25) is 0 Å². The van der Waals surface area contributed by atoms with Crippen molar-refractivity contribution < 1.29 is 18.3 Å². The normalized spacial score (nSPS) is 26.2. The third-order valence-corrected chi connectivity index (χ3v) is 9.99. The molecule has 2 heterocycles. The highest BCUT2D eigenvalue weighted by Gasteiger charge is 2.39. The smallest absolute Gasteiger partial charge is 0.264 e. The van der Waals surface area contributed by atoms with Crippen LogP contribution in [0.25, 0.3) is 11.3 Å². The summed E-state index contributed by atoms with van der Waals surface area (Å²) in [6.07, 6.45) is 4.10. The summed E-state index contributed by atoms with van der Waals surface area (Å²) in [4.78, 5) is 9.35. The van der Waals surface area contributed by atoms with E-state index in [9.17, 15) is 13.5 Å². The highest BCUT2D eigenvalue weighted by Crippen LogP contribution is 2.47. The molecule has 7 nitrogen and oxygen atoms in total. The van der Waals surface area contributed by atoms with Crippen molar-refractivity contribution in [3.8, 4) is 17.1 Å². The summed E-state index contributed by atoms with van der Waals surface area (Å²) < 4.78 is 36.5. The fraction of sp³-hybridized carbons (Fsp3) is 0.515. The van der Waals surface area contributed by atoms with E-state index in [1.165, 1.54) is 0 Å². The first-order valence-corrected chi connectivity index (χ1v) is 16.1. The van der Waals surface area contributed by atoms with Crippen molar-refractivity contribution in [3.05, 3.63) is 65.2 Å². The number of nitrogens with zero attached hydrogens (tertiary/aromatic N) is 2. The van der Waals surface area contributed by atoms with Crippen molar-refractivity contribution in [2.24, 2.45) is 17.3 Å². The van der Waals surface area contributed by atoms with Gasteiger partial charge in [-0.05, 0) is 98.9 Å². The molecule has 0 saturated heterocycles. The van der Waals surface area contributed by atoms with Crippen molar-refractivity contribution >= 4 is 16.0 Å². The van der Waals surface area contributed by atoms with Gasteiger partial charge >= 0.3 is 0 Å². The molecule has 41 heavy (non-hydrogen) atoms. The molecule has 2 N–H and O–H groups in total. The summed E-state index contributed by atoms with van der Waals surface area (Å²) in [5.41, 5.74) is 4.00. The number of hydrogen-bond acceptors (Lipinski definition) is 6. The monoisotopic (exact) mass is 577 g/mol. The molecule has 2 aromatic carbocycles. The zero-order chi connectivity index (χ0) is 29.6. The molecule has 1 aromatic heterocycles. The largest absolute Gasteiger partial charge is 0.477 e. The average molecular weight is 578 g/mol. The molecule has 2 atom stereocenters. The quantitative estimate of drug-likeness (QED) is 0.347. The molecule has 2 aliphatic rings.